The Kier molecular flexibility index (Phi) is 3.18. The molecule has 3 heterocycles. The van der Waals surface area contributed by atoms with Gasteiger partial charge in [0.15, 0.2) is 9.84 Å². The van der Waals surface area contributed by atoms with Crippen LogP contribution in [0.1, 0.15) is 6.42 Å². The molecule has 0 radical (unpaired) electrons. The molecule has 0 spiro atoms. The molecule has 1 saturated heterocycles. The molecular weight excluding hydrogens is 330 g/mol. The summed E-state index contributed by atoms with van der Waals surface area (Å²) in [5.41, 5.74) is 2.37. The maximum atomic E-state index is 11.5. The number of rotatable bonds is 2. The first-order valence-electron chi connectivity index (χ1n) is 5.91. The van der Waals surface area contributed by atoms with Crippen molar-refractivity contribution in [1.29, 1.82) is 0 Å². The van der Waals surface area contributed by atoms with Gasteiger partial charge in [-0.05, 0) is 34.5 Å². The first-order chi connectivity index (χ1) is 9.03. The molecule has 3 rings (SSSR count). The van der Waals surface area contributed by atoms with E-state index >= 15 is 0 Å². The highest BCUT2D eigenvalue weighted by atomic mass is 79.9. The van der Waals surface area contributed by atoms with Crippen LogP contribution in [-0.2, 0) is 9.84 Å². The van der Waals surface area contributed by atoms with Gasteiger partial charge in [-0.3, -0.25) is 9.97 Å². The standard InChI is InChI=1S/C12H12BrN3O2S/c13-8-5-11-12(15-6-8)10(1-3-14-11)16-9-2-4-19(17,18)7-9/h1,3,5-6,9H,2,4,7H2,(H,14,16). The molecule has 7 heteroatoms. The van der Waals surface area contributed by atoms with Gasteiger partial charge in [0.05, 0.1) is 22.7 Å². The number of anilines is 1. The van der Waals surface area contributed by atoms with E-state index in [0.29, 0.717) is 6.42 Å². The summed E-state index contributed by atoms with van der Waals surface area (Å²) < 4.78 is 23.8. The highest BCUT2D eigenvalue weighted by molar-refractivity contribution is 9.10. The van der Waals surface area contributed by atoms with Gasteiger partial charge in [-0.1, -0.05) is 0 Å². The number of fused-ring (bicyclic) bond motifs is 1. The van der Waals surface area contributed by atoms with Crippen molar-refractivity contribution in [3.63, 3.8) is 0 Å². The van der Waals surface area contributed by atoms with Crippen LogP contribution in [0.3, 0.4) is 0 Å². The zero-order valence-corrected chi connectivity index (χ0v) is 12.4. The van der Waals surface area contributed by atoms with E-state index < -0.39 is 9.84 Å². The second kappa shape index (κ2) is 4.72. The third-order valence-corrected chi connectivity index (χ3v) is 5.34. The minimum absolute atomic E-state index is 0.0407. The Balaban J connectivity index is 1.93. The van der Waals surface area contributed by atoms with Crippen LogP contribution in [0.2, 0.25) is 0 Å². The number of halogens is 1. The van der Waals surface area contributed by atoms with Crippen molar-refractivity contribution in [3.05, 3.63) is 29.0 Å². The van der Waals surface area contributed by atoms with Gasteiger partial charge in [-0.2, -0.15) is 0 Å². The lowest BCUT2D eigenvalue weighted by Gasteiger charge is -2.13. The lowest BCUT2D eigenvalue weighted by Crippen LogP contribution is -2.20. The van der Waals surface area contributed by atoms with Crippen LogP contribution in [-0.4, -0.2) is 35.9 Å². The fraction of sp³-hybridized carbons (Fsp3) is 0.333. The fourth-order valence-electron chi connectivity index (χ4n) is 2.25. The van der Waals surface area contributed by atoms with Crippen molar-refractivity contribution in [2.24, 2.45) is 0 Å². The van der Waals surface area contributed by atoms with E-state index in [4.69, 9.17) is 0 Å². The van der Waals surface area contributed by atoms with E-state index in [2.05, 4.69) is 31.2 Å². The SMILES string of the molecule is O=S1(=O)CCC(Nc2ccnc3cc(Br)cnc23)C1. The van der Waals surface area contributed by atoms with Gasteiger partial charge in [-0.25, -0.2) is 8.42 Å². The molecule has 0 bridgehead atoms. The third kappa shape index (κ3) is 2.71. The average Bonchev–Trinajstić information content (AvgIpc) is 2.68. The van der Waals surface area contributed by atoms with E-state index in [1.807, 2.05) is 12.1 Å². The first kappa shape index (κ1) is 12.8. The van der Waals surface area contributed by atoms with E-state index in [0.717, 1.165) is 21.2 Å². The normalized spacial score (nSPS) is 21.6. The van der Waals surface area contributed by atoms with E-state index in [1.54, 1.807) is 12.4 Å². The molecule has 1 unspecified atom stereocenters. The molecule has 1 atom stereocenters. The minimum atomic E-state index is -2.88. The Hall–Kier alpha value is -1.21. The van der Waals surface area contributed by atoms with Crippen LogP contribution in [0.5, 0.6) is 0 Å². The maximum absolute atomic E-state index is 11.5. The van der Waals surface area contributed by atoms with Gasteiger partial charge < -0.3 is 5.32 Å². The molecule has 1 aliphatic rings. The zero-order valence-electron chi connectivity index (χ0n) is 10.0. The predicted molar refractivity (Wildman–Crippen MR) is 77.9 cm³/mol. The van der Waals surface area contributed by atoms with Crippen LogP contribution in [0.25, 0.3) is 11.0 Å². The molecule has 2 aromatic heterocycles. The summed E-state index contributed by atoms with van der Waals surface area (Å²) in [6.45, 7) is 0. The summed E-state index contributed by atoms with van der Waals surface area (Å²) in [7, 11) is -2.88. The number of aromatic nitrogens is 2. The van der Waals surface area contributed by atoms with E-state index in [1.165, 1.54) is 0 Å². The molecule has 0 saturated carbocycles. The molecule has 1 fully saturated rings. The van der Waals surface area contributed by atoms with Crippen molar-refractivity contribution in [3.8, 4) is 0 Å². The van der Waals surface area contributed by atoms with E-state index in [-0.39, 0.29) is 17.5 Å². The topological polar surface area (TPSA) is 72.0 Å². The number of hydrogen-bond donors (Lipinski definition) is 1. The fourth-order valence-corrected chi connectivity index (χ4v) is 4.24. The molecular formula is C12H12BrN3O2S. The van der Waals surface area contributed by atoms with Gasteiger partial charge in [-0.15, -0.1) is 0 Å². The Bertz CT molecular complexity index is 733. The van der Waals surface area contributed by atoms with Gasteiger partial charge in [0.1, 0.15) is 5.52 Å². The van der Waals surface area contributed by atoms with Gasteiger partial charge in [0.2, 0.25) is 0 Å². The van der Waals surface area contributed by atoms with Crippen LogP contribution < -0.4 is 5.32 Å². The van der Waals surface area contributed by atoms with Gasteiger partial charge in [0, 0.05) is 22.9 Å². The van der Waals surface area contributed by atoms with E-state index in [9.17, 15) is 8.42 Å². The molecule has 19 heavy (non-hydrogen) atoms. The maximum Gasteiger partial charge on any atom is 0.152 e. The summed E-state index contributed by atoms with van der Waals surface area (Å²) in [5.74, 6) is 0.444. The smallest absolute Gasteiger partial charge is 0.152 e. The first-order valence-corrected chi connectivity index (χ1v) is 8.52. The highest BCUT2D eigenvalue weighted by Gasteiger charge is 2.28. The van der Waals surface area contributed by atoms with Crippen molar-refractivity contribution in [1.82, 2.24) is 9.97 Å². The quantitative estimate of drug-likeness (QED) is 0.904. The minimum Gasteiger partial charge on any atom is -0.379 e. The molecule has 100 valence electrons. The summed E-state index contributed by atoms with van der Waals surface area (Å²) >= 11 is 3.36. The van der Waals surface area contributed by atoms with Crippen molar-refractivity contribution in [2.45, 2.75) is 12.5 Å². The molecule has 0 aliphatic carbocycles. The number of nitrogens with one attached hydrogen (secondary N) is 1. The Labute approximate surface area is 119 Å². The van der Waals surface area contributed by atoms with Crippen LogP contribution in [0.15, 0.2) is 29.0 Å². The number of hydrogen-bond acceptors (Lipinski definition) is 5. The molecule has 1 aliphatic heterocycles. The lowest BCUT2D eigenvalue weighted by atomic mass is 10.2. The van der Waals surface area contributed by atoms with Gasteiger partial charge in [0.25, 0.3) is 0 Å². The monoisotopic (exact) mass is 341 g/mol. The summed E-state index contributed by atoms with van der Waals surface area (Å²) in [4.78, 5) is 8.59. The zero-order chi connectivity index (χ0) is 13.5. The average molecular weight is 342 g/mol. The van der Waals surface area contributed by atoms with Crippen LogP contribution >= 0.6 is 15.9 Å². The largest absolute Gasteiger partial charge is 0.379 e. The Morgan fingerprint density at radius 1 is 1.37 bits per heavy atom. The van der Waals surface area contributed by atoms with Crippen LogP contribution in [0, 0.1) is 0 Å². The predicted octanol–water partition coefficient (Wildman–Crippen LogP) is 1.99. The molecule has 0 amide bonds. The third-order valence-electron chi connectivity index (χ3n) is 3.14. The van der Waals surface area contributed by atoms with Gasteiger partial charge >= 0.3 is 0 Å². The van der Waals surface area contributed by atoms with Crippen molar-refractivity contribution >= 4 is 42.5 Å². The van der Waals surface area contributed by atoms with Crippen molar-refractivity contribution < 1.29 is 8.42 Å². The molecule has 0 aromatic carbocycles. The Morgan fingerprint density at radius 3 is 2.95 bits per heavy atom. The summed E-state index contributed by atoms with van der Waals surface area (Å²) in [6, 6.07) is 3.67. The summed E-state index contributed by atoms with van der Waals surface area (Å²) in [6.07, 6.45) is 4.05. The Morgan fingerprint density at radius 2 is 2.21 bits per heavy atom. The lowest BCUT2D eigenvalue weighted by molar-refractivity contribution is 0.602. The number of sulfone groups is 1. The molecule has 2 aromatic rings. The number of pyridine rings is 2. The molecule has 1 N–H and O–H groups in total. The summed E-state index contributed by atoms with van der Waals surface area (Å²) in [5, 5.41) is 3.26. The highest BCUT2D eigenvalue weighted by Crippen LogP contribution is 2.24. The number of nitrogens with zero attached hydrogens (tertiary/aromatic N) is 2. The van der Waals surface area contributed by atoms with Crippen LogP contribution in [0.4, 0.5) is 5.69 Å². The van der Waals surface area contributed by atoms with Crippen molar-refractivity contribution in [2.75, 3.05) is 16.8 Å². The molecule has 5 nitrogen and oxygen atoms in total. The second-order valence-electron chi connectivity index (χ2n) is 4.62. The second-order valence-corrected chi connectivity index (χ2v) is 7.77.